The van der Waals surface area contributed by atoms with E-state index in [0.717, 1.165) is 70.7 Å². The van der Waals surface area contributed by atoms with Crippen molar-refractivity contribution in [3.05, 3.63) is 95.6 Å². The number of nitrogens with one attached hydrogen (secondary N) is 1. The van der Waals surface area contributed by atoms with E-state index < -0.39 is 141 Å². The molecule has 0 bridgehead atoms. The van der Waals surface area contributed by atoms with Gasteiger partial charge in [-0.05, 0) is 34.7 Å². The third-order valence-corrected chi connectivity index (χ3v) is 11.8. The van der Waals surface area contributed by atoms with E-state index in [9.17, 15) is 43.2 Å². The third-order valence-electron chi connectivity index (χ3n) is 11.8. The summed E-state index contributed by atoms with van der Waals surface area (Å²) in [5, 5.41) is 2.55. The van der Waals surface area contributed by atoms with Gasteiger partial charge in [0.15, 0.2) is 55.2 Å². The first kappa shape index (κ1) is 56.8. The van der Waals surface area contributed by atoms with Gasteiger partial charge in [-0.2, -0.15) is 0 Å². The van der Waals surface area contributed by atoms with Gasteiger partial charge in [0.25, 0.3) is 0 Å². The summed E-state index contributed by atoms with van der Waals surface area (Å²) in [4.78, 5) is 116. The Morgan fingerprint density at radius 1 is 0.480 bits per heavy atom. The molecule has 1 aliphatic carbocycles. The van der Waals surface area contributed by atoms with Crippen LogP contribution >= 0.6 is 0 Å². The normalized spacial score (nSPS) is 24.5. The number of carbonyl (C=O) groups is 9. The lowest BCUT2D eigenvalue weighted by Crippen LogP contribution is -2.67. The van der Waals surface area contributed by atoms with Crippen LogP contribution in [0.5, 0.6) is 0 Å². The second-order valence-corrected chi connectivity index (χ2v) is 17.5. The molecule has 6 rings (SSSR count). The SMILES string of the molecule is CC(=O)OC[C@H]1O[C@@H](O[C@H]2[C@H](O[C@H](C)[C@H](NC(=O)OCC3c4ccccc4-c4ccccc43)C(=O)OCc3ccccc3)O[C@H](COC(C)=O)[C@@H](OC(C)=O)[C@@H]2OC(C)=O)[C@H](OC(C)=O)[C@@H](OC(C)=O)[C@@H]1OC(C)=O. The fraction of sp³-hybridized carbons (Fsp3) is 0.481. The first-order chi connectivity index (χ1) is 35.7. The van der Waals surface area contributed by atoms with Crippen molar-refractivity contribution < 1.29 is 105 Å². The quantitative estimate of drug-likeness (QED) is 0.125. The predicted octanol–water partition coefficient (Wildman–Crippen LogP) is 3.66. The predicted molar refractivity (Wildman–Crippen MR) is 252 cm³/mol. The van der Waals surface area contributed by atoms with Crippen molar-refractivity contribution in [1.29, 1.82) is 0 Å². The van der Waals surface area contributed by atoms with Crippen molar-refractivity contribution in [3.8, 4) is 11.1 Å². The molecular weight excluding hydrogens is 991 g/mol. The fourth-order valence-electron chi connectivity index (χ4n) is 8.82. The molecule has 75 heavy (non-hydrogen) atoms. The van der Waals surface area contributed by atoms with Crippen molar-refractivity contribution >= 4 is 53.8 Å². The van der Waals surface area contributed by atoms with Crippen LogP contribution in [0.25, 0.3) is 11.1 Å². The maximum Gasteiger partial charge on any atom is 0.407 e. The number of fused-ring (bicyclic) bond motifs is 3. The zero-order chi connectivity index (χ0) is 54.5. The average molecular weight is 1050 g/mol. The summed E-state index contributed by atoms with van der Waals surface area (Å²) in [7, 11) is 0. The summed E-state index contributed by atoms with van der Waals surface area (Å²) in [5.74, 6) is -7.84. The molecule has 1 amide bonds. The van der Waals surface area contributed by atoms with Crippen molar-refractivity contribution in [2.75, 3.05) is 19.8 Å². The van der Waals surface area contributed by atoms with E-state index in [0.29, 0.717) is 5.56 Å². The van der Waals surface area contributed by atoms with Gasteiger partial charge in [-0.15, -0.1) is 0 Å². The van der Waals surface area contributed by atoms with E-state index >= 15 is 0 Å². The molecular formula is C52H59NO22. The molecule has 0 aromatic heterocycles. The highest BCUT2D eigenvalue weighted by Crippen LogP contribution is 2.44. The molecule has 2 saturated heterocycles. The van der Waals surface area contributed by atoms with Gasteiger partial charge < -0.3 is 66.9 Å². The standard InChI is InChI=1S/C52H59NO22/c1-26(42(49(61)65-22-34-16-10-9-11-17-34)53-52(62)66-23-39-37-20-14-12-18-35(37)36-19-13-15-21-38(36)39)67-50-48(46(71-32(7)59)44(69-30(5)57)40(73-50)24-63-27(2)54)75-51-47(72-33(8)60)45(70-31(6)58)43(68-29(4)56)41(74-51)25-64-28(3)55/h9-21,26,39-48,50-51H,22-25H2,1-8H3,(H,53,62)/t26-,40-,41-,42+,43-,44-,45+,46+,47-,48-,50-,51+/m1/s1. The molecule has 0 unspecified atom stereocenters. The van der Waals surface area contributed by atoms with Crippen LogP contribution < -0.4 is 5.32 Å². The van der Waals surface area contributed by atoms with E-state index in [1.807, 2.05) is 48.5 Å². The van der Waals surface area contributed by atoms with Gasteiger partial charge in [0.1, 0.15) is 38.6 Å². The van der Waals surface area contributed by atoms with Crippen LogP contribution in [-0.2, 0) is 107 Å². The van der Waals surface area contributed by atoms with Crippen molar-refractivity contribution in [3.63, 3.8) is 0 Å². The number of ether oxygens (including phenoxy) is 13. The minimum Gasteiger partial charge on any atom is -0.463 e. The van der Waals surface area contributed by atoms with Crippen LogP contribution in [0.15, 0.2) is 78.9 Å². The van der Waals surface area contributed by atoms with E-state index in [4.69, 9.17) is 61.6 Å². The molecule has 404 valence electrons. The monoisotopic (exact) mass is 1050 g/mol. The first-order valence-electron chi connectivity index (χ1n) is 23.8. The molecule has 3 aromatic rings. The van der Waals surface area contributed by atoms with Crippen LogP contribution in [0.3, 0.4) is 0 Å². The first-order valence-corrected chi connectivity index (χ1v) is 23.8. The summed E-state index contributed by atoms with van der Waals surface area (Å²) in [6.07, 6.45) is -20.3. The zero-order valence-electron chi connectivity index (χ0n) is 42.3. The fourth-order valence-corrected chi connectivity index (χ4v) is 8.82. The number of amides is 1. The Bertz CT molecular complexity index is 2510. The molecule has 12 atom stereocenters. The number of rotatable bonds is 20. The molecule has 23 nitrogen and oxygen atoms in total. The summed E-state index contributed by atoms with van der Waals surface area (Å²) < 4.78 is 75.6. The highest BCUT2D eigenvalue weighted by molar-refractivity contribution is 5.83. The van der Waals surface area contributed by atoms with Crippen molar-refractivity contribution in [2.45, 2.75) is 141 Å². The smallest absolute Gasteiger partial charge is 0.407 e. The zero-order valence-corrected chi connectivity index (χ0v) is 42.3. The van der Waals surface area contributed by atoms with Gasteiger partial charge in [-0.3, -0.25) is 33.6 Å². The van der Waals surface area contributed by atoms with Gasteiger partial charge in [-0.25, -0.2) is 9.59 Å². The number of hydrogen-bond donors (Lipinski definition) is 1. The maximum absolute atomic E-state index is 14.3. The number of hydrogen-bond acceptors (Lipinski definition) is 22. The topological polar surface area (TPSA) is 286 Å². The second-order valence-electron chi connectivity index (χ2n) is 17.5. The van der Waals surface area contributed by atoms with Crippen LogP contribution in [0, 0.1) is 0 Å². The highest BCUT2D eigenvalue weighted by atomic mass is 16.8. The number of esters is 8. The maximum atomic E-state index is 14.3. The van der Waals surface area contributed by atoms with E-state index in [1.54, 1.807) is 30.3 Å². The molecule has 3 aliphatic rings. The lowest BCUT2D eigenvalue weighted by Gasteiger charge is -2.49. The Kier molecular flexibility index (Phi) is 19.8. The molecule has 2 aliphatic heterocycles. The summed E-state index contributed by atoms with van der Waals surface area (Å²) in [6, 6.07) is 22.2. The largest absolute Gasteiger partial charge is 0.463 e. The van der Waals surface area contributed by atoms with Gasteiger partial charge in [0.2, 0.25) is 0 Å². The van der Waals surface area contributed by atoms with Crippen molar-refractivity contribution in [2.24, 2.45) is 0 Å². The minimum atomic E-state index is -1.99. The molecule has 2 heterocycles. The molecule has 0 spiro atoms. The van der Waals surface area contributed by atoms with Crippen LogP contribution in [-0.4, -0.2) is 147 Å². The molecule has 2 fully saturated rings. The second kappa shape index (κ2) is 26.1. The molecule has 23 heteroatoms. The Hall–Kier alpha value is -7.47. The van der Waals surface area contributed by atoms with Gasteiger partial charge in [0, 0.05) is 54.4 Å². The van der Waals surface area contributed by atoms with E-state index in [-0.39, 0.29) is 19.1 Å². The lowest BCUT2D eigenvalue weighted by atomic mass is 9.96. The Morgan fingerprint density at radius 3 is 1.41 bits per heavy atom. The lowest BCUT2D eigenvalue weighted by molar-refractivity contribution is -0.372. The van der Waals surface area contributed by atoms with Crippen LogP contribution in [0.2, 0.25) is 0 Å². The van der Waals surface area contributed by atoms with Crippen LogP contribution in [0.4, 0.5) is 4.79 Å². The van der Waals surface area contributed by atoms with Crippen LogP contribution in [0.1, 0.15) is 78.0 Å². The van der Waals surface area contributed by atoms with E-state index in [2.05, 4.69) is 5.32 Å². The molecule has 1 N–H and O–H groups in total. The summed E-state index contributed by atoms with van der Waals surface area (Å²) in [6.45, 7) is 6.80. The average Bonchev–Trinajstić information content (AvgIpc) is 3.67. The highest BCUT2D eigenvalue weighted by Gasteiger charge is 2.58. The molecule has 0 saturated carbocycles. The number of alkyl carbamates (subject to hydrolysis) is 1. The van der Waals surface area contributed by atoms with Gasteiger partial charge >= 0.3 is 53.8 Å². The van der Waals surface area contributed by atoms with E-state index in [1.165, 1.54) is 6.92 Å². The Labute approximate surface area is 430 Å². The number of carbonyl (C=O) groups excluding carboxylic acids is 9. The van der Waals surface area contributed by atoms with Crippen molar-refractivity contribution in [1.82, 2.24) is 5.32 Å². The Balaban J connectivity index is 1.40. The summed E-state index contributed by atoms with van der Waals surface area (Å²) in [5.41, 5.74) is 4.35. The van der Waals surface area contributed by atoms with Gasteiger partial charge in [0.05, 0.1) is 6.10 Å². The number of benzene rings is 3. The van der Waals surface area contributed by atoms with Gasteiger partial charge in [-0.1, -0.05) is 78.9 Å². The minimum absolute atomic E-state index is 0.155. The molecule has 0 radical (unpaired) electrons. The molecule has 3 aromatic carbocycles. The summed E-state index contributed by atoms with van der Waals surface area (Å²) >= 11 is 0. The third kappa shape index (κ3) is 15.3. The Morgan fingerprint density at radius 2 is 0.920 bits per heavy atom.